The standard InChI is InChI=1S/C13H17ClO/c1-11-2-4-12(5-3-11)8-13(9-14)6-7-15-10-13/h2-5H,6-10H2,1H3. The highest BCUT2D eigenvalue weighted by atomic mass is 35.5. The van der Waals surface area contributed by atoms with Crippen LogP contribution in [0.4, 0.5) is 0 Å². The molecule has 0 amide bonds. The number of aryl methyl sites for hydroxylation is 1. The smallest absolute Gasteiger partial charge is 0.0537 e. The average molecular weight is 225 g/mol. The first-order valence-electron chi connectivity index (χ1n) is 5.43. The molecule has 2 rings (SSSR count). The van der Waals surface area contributed by atoms with E-state index < -0.39 is 0 Å². The first-order chi connectivity index (χ1) is 7.24. The van der Waals surface area contributed by atoms with Crippen LogP contribution in [0.1, 0.15) is 17.5 Å². The van der Waals surface area contributed by atoms with Gasteiger partial charge >= 0.3 is 0 Å². The van der Waals surface area contributed by atoms with E-state index in [2.05, 4.69) is 31.2 Å². The van der Waals surface area contributed by atoms with E-state index in [9.17, 15) is 0 Å². The van der Waals surface area contributed by atoms with Crippen LogP contribution in [0.25, 0.3) is 0 Å². The molecule has 0 spiro atoms. The molecule has 1 unspecified atom stereocenters. The number of alkyl halides is 1. The summed E-state index contributed by atoms with van der Waals surface area (Å²) in [4.78, 5) is 0. The maximum absolute atomic E-state index is 6.07. The second-order valence-corrected chi connectivity index (χ2v) is 4.87. The lowest BCUT2D eigenvalue weighted by atomic mass is 9.83. The molecule has 0 aromatic heterocycles. The van der Waals surface area contributed by atoms with E-state index in [1.165, 1.54) is 11.1 Å². The summed E-state index contributed by atoms with van der Waals surface area (Å²) in [6.45, 7) is 3.78. The Bertz CT molecular complexity index is 312. The predicted octanol–water partition coefficient (Wildman–Crippen LogP) is 3.18. The van der Waals surface area contributed by atoms with Crippen LogP contribution >= 0.6 is 11.6 Å². The summed E-state index contributed by atoms with van der Waals surface area (Å²) >= 11 is 6.07. The third-order valence-electron chi connectivity index (χ3n) is 3.17. The number of halogens is 1. The Hall–Kier alpha value is -0.530. The molecule has 0 aliphatic carbocycles. The Morgan fingerprint density at radius 1 is 1.33 bits per heavy atom. The first-order valence-corrected chi connectivity index (χ1v) is 5.97. The van der Waals surface area contributed by atoms with Crippen molar-refractivity contribution in [1.82, 2.24) is 0 Å². The molecular weight excluding hydrogens is 208 g/mol. The van der Waals surface area contributed by atoms with Crippen LogP contribution in [0.5, 0.6) is 0 Å². The fourth-order valence-electron chi connectivity index (χ4n) is 2.08. The van der Waals surface area contributed by atoms with Gasteiger partial charge in [0.1, 0.15) is 0 Å². The molecule has 1 heterocycles. The molecule has 1 saturated heterocycles. The first kappa shape index (κ1) is 11.0. The van der Waals surface area contributed by atoms with Crippen molar-refractivity contribution in [3.05, 3.63) is 35.4 Å². The Morgan fingerprint density at radius 3 is 2.60 bits per heavy atom. The number of benzene rings is 1. The van der Waals surface area contributed by atoms with Crippen molar-refractivity contribution in [2.75, 3.05) is 19.1 Å². The summed E-state index contributed by atoms with van der Waals surface area (Å²) in [5.74, 6) is 0.695. The Balaban J connectivity index is 2.09. The minimum absolute atomic E-state index is 0.177. The molecule has 1 fully saturated rings. The van der Waals surface area contributed by atoms with Gasteiger partial charge in [0.25, 0.3) is 0 Å². The van der Waals surface area contributed by atoms with Crippen LogP contribution in [0.3, 0.4) is 0 Å². The fraction of sp³-hybridized carbons (Fsp3) is 0.538. The molecule has 0 radical (unpaired) electrons. The fourth-order valence-corrected chi connectivity index (χ4v) is 2.39. The van der Waals surface area contributed by atoms with Crippen LogP contribution < -0.4 is 0 Å². The van der Waals surface area contributed by atoms with Crippen molar-refractivity contribution in [1.29, 1.82) is 0 Å². The Kier molecular flexibility index (Phi) is 3.32. The summed E-state index contributed by atoms with van der Waals surface area (Å²) in [5.41, 5.74) is 2.85. The van der Waals surface area contributed by atoms with Crippen LogP contribution in [-0.2, 0) is 11.2 Å². The molecule has 15 heavy (non-hydrogen) atoms. The van der Waals surface area contributed by atoms with E-state index in [4.69, 9.17) is 16.3 Å². The maximum atomic E-state index is 6.07. The van der Waals surface area contributed by atoms with Crippen LogP contribution in [0.15, 0.2) is 24.3 Å². The van der Waals surface area contributed by atoms with Gasteiger partial charge < -0.3 is 4.74 Å². The third-order valence-corrected chi connectivity index (χ3v) is 3.74. The van der Waals surface area contributed by atoms with Crippen molar-refractivity contribution in [3.8, 4) is 0 Å². The van der Waals surface area contributed by atoms with Gasteiger partial charge in [-0.05, 0) is 25.3 Å². The number of ether oxygens (including phenoxy) is 1. The molecule has 2 heteroatoms. The van der Waals surface area contributed by atoms with Crippen molar-refractivity contribution in [2.45, 2.75) is 19.8 Å². The van der Waals surface area contributed by atoms with Gasteiger partial charge in [0.15, 0.2) is 0 Å². The van der Waals surface area contributed by atoms with Crippen molar-refractivity contribution in [3.63, 3.8) is 0 Å². The second-order valence-electron chi connectivity index (χ2n) is 4.60. The number of rotatable bonds is 3. The highest BCUT2D eigenvalue weighted by Crippen LogP contribution is 2.33. The molecule has 1 aliphatic rings. The lowest BCUT2D eigenvalue weighted by Crippen LogP contribution is -2.26. The molecule has 0 saturated carbocycles. The average Bonchev–Trinajstić information content (AvgIpc) is 2.71. The largest absolute Gasteiger partial charge is 0.381 e. The van der Waals surface area contributed by atoms with Crippen molar-refractivity contribution < 1.29 is 4.74 Å². The van der Waals surface area contributed by atoms with Gasteiger partial charge in [-0.15, -0.1) is 11.6 Å². The Labute approximate surface area is 96.4 Å². The molecule has 1 atom stereocenters. The van der Waals surface area contributed by atoms with Gasteiger partial charge in [-0.25, -0.2) is 0 Å². The zero-order valence-corrected chi connectivity index (χ0v) is 9.89. The molecule has 0 N–H and O–H groups in total. The molecule has 0 bridgehead atoms. The van der Waals surface area contributed by atoms with Crippen molar-refractivity contribution >= 4 is 11.6 Å². The lowest BCUT2D eigenvalue weighted by Gasteiger charge is -2.24. The van der Waals surface area contributed by atoms with Gasteiger partial charge in [0.05, 0.1) is 6.61 Å². The molecule has 1 nitrogen and oxygen atoms in total. The summed E-state index contributed by atoms with van der Waals surface area (Å²) in [5, 5.41) is 0. The van der Waals surface area contributed by atoms with Crippen molar-refractivity contribution in [2.24, 2.45) is 5.41 Å². The summed E-state index contributed by atoms with van der Waals surface area (Å²) in [7, 11) is 0. The molecule has 1 aromatic rings. The van der Waals surface area contributed by atoms with E-state index in [1.54, 1.807) is 0 Å². The van der Waals surface area contributed by atoms with Crippen LogP contribution in [0, 0.1) is 12.3 Å². The SMILES string of the molecule is Cc1ccc(CC2(CCl)CCOC2)cc1. The Morgan fingerprint density at radius 2 is 2.07 bits per heavy atom. The lowest BCUT2D eigenvalue weighted by molar-refractivity contribution is 0.161. The topological polar surface area (TPSA) is 9.23 Å². The maximum Gasteiger partial charge on any atom is 0.0537 e. The normalized spacial score (nSPS) is 25.7. The summed E-state index contributed by atoms with van der Waals surface area (Å²) < 4.78 is 5.46. The predicted molar refractivity (Wildman–Crippen MR) is 63.5 cm³/mol. The van der Waals surface area contributed by atoms with E-state index >= 15 is 0 Å². The van der Waals surface area contributed by atoms with Gasteiger partial charge in [-0.3, -0.25) is 0 Å². The van der Waals surface area contributed by atoms with Crippen LogP contribution in [0.2, 0.25) is 0 Å². The van der Waals surface area contributed by atoms with E-state index in [1.807, 2.05) is 0 Å². The summed E-state index contributed by atoms with van der Waals surface area (Å²) in [6.07, 6.45) is 2.13. The monoisotopic (exact) mass is 224 g/mol. The summed E-state index contributed by atoms with van der Waals surface area (Å²) in [6, 6.07) is 8.71. The molecule has 1 aliphatic heterocycles. The van der Waals surface area contributed by atoms with Gasteiger partial charge in [-0.2, -0.15) is 0 Å². The highest BCUT2D eigenvalue weighted by Gasteiger charge is 2.34. The number of hydrogen-bond donors (Lipinski definition) is 0. The van der Waals surface area contributed by atoms with Gasteiger partial charge in [-0.1, -0.05) is 29.8 Å². The molecular formula is C13H17ClO. The zero-order valence-electron chi connectivity index (χ0n) is 9.13. The minimum Gasteiger partial charge on any atom is -0.381 e. The third kappa shape index (κ3) is 2.53. The molecule has 82 valence electrons. The van der Waals surface area contributed by atoms with E-state index in [0.717, 1.165) is 26.1 Å². The second kappa shape index (κ2) is 4.54. The molecule has 1 aromatic carbocycles. The van der Waals surface area contributed by atoms with E-state index in [-0.39, 0.29) is 5.41 Å². The van der Waals surface area contributed by atoms with Crippen LogP contribution in [-0.4, -0.2) is 19.1 Å². The van der Waals surface area contributed by atoms with E-state index in [0.29, 0.717) is 5.88 Å². The van der Waals surface area contributed by atoms with Gasteiger partial charge in [0, 0.05) is 17.9 Å². The van der Waals surface area contributed by atoms with Gasteiger partial charge in [0.2, 0.25) is 0 Å². The minimum atomic E-state index is 0.177. The quantitative estimate of drug-likeness (QED) is 0.717. The highest BCUT2D eigenvalue weighted by molar-refractivity contribution is 6.18. The zero-order chi connectivity index (χ0) is 10.7. The number of hydrogen-bond acceptors (Lipinski definition) is 1.